The van der Waals surface area contributed by atoms with Crippen molar-refractivity contribution in [1.29, 1.82) is 0 Å². The normalized spacial score (nSPS) is 10.8. The Morgan fingerprint density at radius 1 is 1.42 bits per heavy atom. The monoisotopic (exact) mass is 161 g/mol. The van der Waals surface area contributed by atoms with Gasteiger partial charge in [-0.05, 0) is 24.6 Å². The summed E-state index contributed by atoms with van der Waals surface area (Å²) in [6.07, 6.45) is 1.80. The zero-order valence-corrected chi connectivity index (χ0v) is 7.20. The van der Waals surface area contributed by atoms with E-state index in [2.05, 4.69) is 4.98 Å². The molecule has 2 aromatic rings. The van der Waals surface area contributed by atoms with Crippen LogP contribution in [0.1, 0.15) is 5.56 Å². The first-order chi connectivity index (χ1) is 5.68. The van der Waals surface area contributed by atoms with Crippen molar-refractivity contribution in [2.45, 2.75) is 6.92 Å². The van der Waals surface area contributed by atoms with E-state index in [9.17, 15) is 0 Å². The Labute approximate surface area is 70.8 Å². The highest BCUT2D eigenvalue weighted by atomic mass is 15.0. The predicted molar refractivity (Wildman–Crippen MR) is 49.9 cm³/mol. The summed E-state index contributed by atoms with van der Waals surface area (Å²) in [6, 6.07) is 3.88. The number of imidazole rings is 1. The average Bonchev–Trinajstić information content (AvgIpc) is 2.33. The highest BCUT2D eigenvalue weighted by Gasteiger charge is 2.02. The second-order valence-electron chi connectivity index (χ2n) is 3.06. The van der Waals surface area contributed by atoms with E-state index in [0.29, 0.717) is 0 Å². The first-order valence-corrected chi connectivity index (χ1v) is 3.85. The summed E-state index contributed by atoms with van der Waals surface area (Å²) in [4.78, 5) is 4.27. The molecule has 0 aliphatic heterocycles. The van der Waals surface area contributed by atoms with E-state index >= 15 is 0 Å². The number of rotatable bonds is 0. The number of benzene rings is 1. The second kappa shape index (κ2) is 2.24. The molecule has 0 bridgehead atoms. The van der Waals surface area contributed by atoms with Crippen LogP contribution < -0.4 is 5.73 Å². The minimum Gasteiger partial charge on any atom is -0.399 e. The van der Waals surface area contributed by atoms with Crippen LogP contribution in [0, 0.1) is 6.92 Å². The van der Waals surface area contributed by atoms with E-state index in [1.165, 1.54) is 0 Å². The predicted octanol–water partition coefficient (Wildman–Crippen LogP) is 1.46. The molecule has 3 heteroatoms. The summed E-state index contributed by atoms with van der Waals surface area (Å²) in [5.41, 5.74) is 9.76. The summed E-state index contributed by atoms with van der Waals surface area (Å²) >= 11 is 0. The third kappa shape index (κ3) is 0.863. The standard InChI is InChI=1S/C9H11N3/c1-6-3-7(10)4-8-9(6)11-5-12(8)2/h3-5H,10H2,1-2H3. The Morgan fingerprint density at radius 3 is 2.92 bits per heavy atom. The summed E-state index contributed by atoms with van der Waals surface area (Å²) in [5, 5.41) is 0. The van der Waals surface area contributed by atoms with Gasteiger partial charge in [-0.3, -0.25) is 0 Å². The quantitative estimate of drug-likeness (QED) is 0.594. The molecule has 0 radical (unpaired) electrons. The second-order valence-corrected chi connectivity index (χ2v) is 3.06. The molecule has 2 N–H and O–H groups in total. The number of nitrogens with two attached hydrogens (primary N) is 1. The van der Waals surface area contributed by atoms with Gasteiger partial charge < -0.3 is 10.3 Å². The van der Waals surface area contributed by atoms with Crippen molar-refractivity contribution in [3.8, 4) is 0 Å². The van der Waals surface area contributed by atoms with Gasteiger partial charge in [0.15, 0.2) is 0 Å². The molecule has 2 rings (SSSR count). The third-order valence-corrected chi connectivity index (χ3v) is 2.04. The molecule has 0 fully saturated rings. The summed E-state index contributed by atoms with van der Waals surface area (Å²) in [7, 11) is 1.97. The van der Waals surface area contributed by atoms with Crippen LogP contribution in [0.25, 0.3) is 11.0 Å². The first-order valence-electron chi connectivity index (χ1n) is 3.85. The number of hydrogen-bond acceptors (Lipinski definition) is 2. The molecule has 62 valence electrons. The molecule has 0 saturated carbocycles. The molecule has 1 aromatic carbocycles. The molecule has 1 heterocycles. The van der Waals surface area contributed by atoms with Gasteiger partial charge in [0, 0.05) is 12.7 Å². The Hall–Kier alpha value is -1.51. The molecule has 0 unspecified atom stereocenters. The van der Waals surface area contributed by atoms with Gasteiger partial charge in [-0.25, -0.2) is 4.98 Å². The molecule has 12 heavy (non-hydrogen) atoms. The fourth-order valence-electron chi connectivity index (χ4n) is 1.43. The van der Waals surface area contributed by atoms with Gasteiger partial charge in [0.25, 0.3) is 0 Å². The number of nitrogens with zero attached hydrogens (tertiary/aromatic N) is 2. The SMILES string of the molecule is Cc1cc(N)cc2c1ncn2C. The van der Waals surface area contributed by atoms with Crippen molar-refractivity contribution in [2.75, 3.05) is 5.73 Å². The fraction of sp³-hybridized carbons (Fsp3) is 0.222. The Morgan fingerprint density at radius 2 is 2.17 bits per heavy atom. The summed E-state index contributed by atoms with van der Waals surface area (Å²) < 4.78 is 1.97. The van der Waals surface area contributed by atoms with Crippen molar-refractivity contribution < 1.29 is 0 Å². The van der Waals surface area contributed by atoms with Crippen molar-refractivity contribution in [2.24, 2.45) is 7.05 Å². The van der Waals surface area contributed by atoms with E-state index in [1.54, 1.807) is 6.33 Å². The van der Waals surface area contributed by atoms with Gasteiger partial charge in [-0.1, -0.05) is 0 Å². The van der Waals surface area contributed by atoms with Crippen molar-refractivity contribution in [3.05, 3.63) is 24.0 Å². The lowest BCUT2D eigenvalue weighted by Crippen LogP contribution is -1.89. The number of nitrogen functional groups attached to an aromatic ring is 1. The lowest BCUT2D eigenvalue weighted by atomic mass is 10.2. The Balaban J connectivity index is 2.92. The van der Waals surface area contributed by atoms with Crippen LogP contribution >= 0.6 is 0 Å². The summed E-state index contributed by atoms with van der Waals surface area (Å²) in [6.45, 7) is 2.02. The van der Waals surface area contributed by atoms with Crippen LogP contribution in [0.4, 0.5) is 5.69 Å². The molecule has 0 aliphatic rings. The minimum atomic E-state index is 0.795. The molecule has 1 aromatic heterocycles. The lowest BCUT2D eigenvalue weighted by Gasteiger charge is -1.99. The average molecular weight is 161 g/mol. The van der Waals surface area contributed by atoms with Gasteiger partial charge in [-0.2, -0.15) is 0 Å². The Kier molecular flexibility index (Phi) is 1.33. The largest absolute Gasteiger partial charge is 0.399 e. The maximum Gasteiger partial charge on any atom is 0.0955 e. The van der Waals surface area contributed by atoms with E-state index in [1.807, 2.05) is 30.7 Å². The summed E-state index contributed by atoms with van der Waals surface area (Å²) in [5.74, 6) is 0. The minimum absolute atomic E-state index is 0.795. The Bertz CT molecular complexity index is 429. The molecule has 3 nitrogen and oxygen atoms in total. The molecule has 0 spiro atoms. The number of anilines is 1. The third-order valence-electron chi connectivity index (χ3n) is 2.04. The number of aromatic nitrogens is 2. The smallest absolute Gasteiger partial charge is 0.0955 e. The first kappa shape index (κ1) is 7.16. The maximum absolute atomic E-state index is 5.71. The van der Waals surface area contributed by atoms with E-state index < -0.39 is 0 Å². The number of fused-ring (bicyclic) bond motifs is 1. The zero-order valence-electron chi connectivity index (χ0n) is 7.20. The van der Waals surface area contributed by atoms with Crippen LogP contribution in [-0.4, -0.2) is 9.55 Å². The van der Waals surface area contributed by atoms with Crippen molar-refractivity contribution in [3.63, 3.8) is 0 Å². The highest BCUT2D eigenvalue weighted by molar-refractivity contribution is 5.82. The van der Waals surface area contributed by atoms with Crippen LogP contribution in [-0.2, 0) is 7.05 Å². The molecule has 0 saturated heterocycles. The molecule has 0 atom stereocenters. The van der Waals surface area contributed by atoms with Crippen LogP contribution in [0.15, 0.2) is 18.5 Å². The van der Waals surface area contributed by atoms with Crippen LogP contribution in [0.5, 0.6) is 0 Å². The lowest BCUT2D eigenvalue weighted by molar-refractivity contribution is 0.948. The molecule has 0 aliphatic carbocycles. The zero-order chi connectivity index (χ0) is 8.72. The van der Waals surface area contributed by atoms with E-state index in [-0.39, 0.29) is 0 Å². The van der Waals surface area contributed by atoms with Crippen LogP contribution in [0.2, 0.25) is 0 Å². The number of aryl methyl sites for hydroxylation is 2. The van der Waals surface area contributed by atoms with Crippen molar-refractivity contribution >= 4 is 16.7 Å². The van der Waals surface area contributed by atoms with Crippen molar-refractivity contribution in [1.82, 2.24) is 9.55 Å². The van der Waals surface area contributed by atoms with E-state index in [4.69, 9.17) is 5.73 Å². The fourth-order valence-corrected chi connectivity index (χ4v) is 1.43. The number of hydrogen-bond donors (Lipinski definition) is 1. The van der Waals surface area contributed by atoms with Gasteiger partial charge in [-0.15, -0.1) is 0 Å². The van der Waals surface area contributed by atoms with Crippen LogP contribution in [0.3, 0.4) is 0 Å². The molecular weight excluding hydrogens is 150 g/mol. The maximum atomic E-state index is 5.71. The highest BCUT2D eigenvalue weighted by Crippen LogP contribution is 2.19. The van der Waals surface area contributed by atoms with Gasteiger partial charge in [0.1, 0.15) is 0 Å². The van der Waals surface area contributed by atoms with Gasteiger partial charge in [0.05, 0.1) is 17.4 Å². The topological polar surface area (TPSA) is 43.8 Å². The molecule has 0 amide bonds. The molecular formula is C9H11N3. The van der Waals surface area contributed by atoms with Gasteiger partial charge in [0.2, 0.25) is 0 Å². The van der Waals surface area contributed by atoms with Gasteiger partial charge >= 0.3 is 0 Å². The van der Waals surface area contributed by atoms with E-state index in [0.717, 1.165) is 22.3 Å².